The first-order valence-corrected chi connectivity index (χ1v) is 10.1. The normalized spacial score (nSPS) is 16.4. The van der Waals surface area contributed by atoms with E-state index in [0.717, 1.165) is 42.0 Å². The molecule has 7 heteroatoms. The van der Waals surface area contributed by atoms with Gasteiger partial charge in [-0.25, -0.2) is 0 Å². The van der Waals surface area contributed by atoms with E-state index in [1.807, 2.05) is 67.4 Å². The number of ether oxygens (including phenoxy) is 1. The van der Waals surface area contributed by atoms with Crippen molar-refractivity contribution in [3.8, 4) is 17.1 Å². The highest BCUT2D eigenvalue weighted by molar-refractivity contribution is 5.95. The van der Waals surface area contributed by atoms with Crippen molar-refractivity contribution in [2.45, 2.75) is 19.8 Å². The SMILES string of the molecule is COc1ccc(-c2noc(N3CCCC(C(=O)N(C)c4ccccc4C)C3)n2)cc1. The molecule has 1 amide bonds. The Kier molecular flexibility index (Phi) is 5.70. The Labute approximate surface area is 176 Å². The number of amides is 1. The zero-order valence-corrected chi connectivity index (χ0v) is 17.5. The lowest BCUT2D eigenvalue weighted by molar-refractivity contribution is -0.122. The van der Waals surface area contributed by atoms with Gasteiger partial charge >= 0.3 is 6.01 Å². The predicted molar refractivity (Wildman–Crippen MR) is 116 cm³/mol. The number of aryl methyl sites for hydroxylation is 1. The summed E-state index contributed by atoms with van der Waals surface area (Å²) in [6, 6.07) is 15.9. The number of carbonyl (C=O) groups excluding carboxylic acids is 1. The van der Waals surface area contributed by atoms with Crippen molar-refractivity contribution in [2.24, 2.45) is 5.92 Å². The number of para-hydroxylation sites is 1. The molecular weight excluding hydrogens is 380 g/mol. The molecule has 1 saturated heterocycles. The number of nitrogens with zero attached hydrogens (tertiary/aromatic N) is 4. The van der Waals surface area contributed by atoms with Crippen LogP contribution in [0.2, 0.25) is 0 Å². The summed E-state index contributed by atoms with van der Waals surface area (Å²) in [5.74, 6) is 1.30. The van der Waals surface area contributed by atoms with Crippen LogP contribution in [0.25, 0.3) is 11.4 Å². The predicted octanol–water partition coefficient (Wildman–Crippen LogP) is 3.93. The molecule has 0 N–H and O–H groups in total. The van der Waals surface area contributed by atoms with Gasteiger partial charge in [-0.3, -0.25) is 4.79 Å². The van der Waals surface area contributed by atoms with Gasteiger partial charge < -0.3 is 19.1 Å². The molecule has 1 aliphatic heterocycles. The minimum Gasteiger partial charge on any atom is -0.497 e. The Bertz CT molecular complexity index is 1020. The standard InChI is InChI=1S/C23H26N4O3/c1-16-7-4-5-9-20(16)26(2)22(28)18-8-6-14-27(15-18)23-24-21(25-30-23)17-10-12-19(29-3)13-11-17/h4-5,7,9-13,18H,6,8,14-15H2,1-3H3. The second-order valence-electron chi connectivity index (χ2n) is 7.60. The van der Waals surface area contributed by atoms with Crippen LogP contribution in [-0.2, 0) is 4.79 Å². The number of anilines is 2. The minimum absolute atomic E-state index is 0.111. The van der Waals surface area contributed by atoms with Crippen LogP contribution in [-0.4, -0.2) is 43.3 Å². The summed E-state index contributed by atoms with van der Waals surface area (Å²) < 4.78 is 10.7. The molecule has 0 radical (unpaired) electrons. The Morgan fingerprint density at radius 3 is 2.70 bits per heavy atom. The molecule has 0 aliphatic carbocycles. The highest BCUT2D eigenvalue weighted by atomic mass is 16.5. The molecule has 2 aromatic carbocycles. The van der Waals surface area contributed by atoms with Crippen molar-refractivity contribution in [1.29, 1.82) is 0 Å². The molecule has 1 aliphatic rings. The van der Waals surface area contributed by atoms with E-state index in [-0.39, 0.29) is 11.8 Å². The van der Waals surface area contributed by atoms with Crippen LogP contribution in [0.15, 0.2) is 53.1 Å². The van der Waals surface area contributed by atoms with Crippen LogP contribution in [0.3, 0.4) is 0 Å². The van der Waals surface area contributed by atoms with Crippen molar-refractivity contribution in [3.63, 3.8) is 0 Å². The van der Waals surface area contributed by atoms with E-state index in [1.54, 1.807) is 12.0 Å². The second-order valence-corrected chi connectivity index (χ2v) is 7.60. The van der Waals surface area contributed by atoms with Gasteiger partial charge in [-0.2, -0.15) is 4.98 Å². The molecule has 0 bridgehead atoms. The highest BCUT2D eigenvalue weighted by Crippen LogP contribution is 2.28. The minimum atomic E-state index is -0.111. The third-order valence-corrected chi connectivity index (χ3v) is 5.61. The summed E-state index contributed by atoms with van der Waals surface area (Å²) in [5, 5.41) is 4.12. The van der Waals surface area contributed by atoms with Crippen molar-refractivity contribution < 1.29 is 14.1 Å². The largest absolute Gasteiger partial charge is 0.497 e. The van der Waals surface area contributed by atoms with Crippen LogP contribution < -0.4 is 14.5 Å². The van der Waals surface area contributed by atoms with Crippen LogP contribution in [0.5, 0.6) is 5.75 Å². The van der Waals surface area contributed by atoms with Crippen LogP contribution in [0.1, 0.15) is 18.4 Å². The maximum atomic E-state index is 13.1. The van der Waals surface area contributed by atoms with Crippen molar-refractivity contribution in [3.05, 3.63) is 54.1 Å². The Balaban J connectivity index is 1.47. The topological polar surface area (TPSA) is 71.7 Å². The molecule has 4 rings (SSSR count). The van der Waals surface area contributed by atoms with E-state index in [9.17, 15) is 4.79 Å². The number of hydrogen-bond acceptors (Lipinski definition) is 6. The highest BCUT2D eigenvalue weighted by Gasteiger charge is 2.31. The van der Waals surface area contributed by atoms with Gasteiger partial charge in [0.05, 0.1) is 13.0 Å². The smallest absolute Gasteiger partial charge is 0.324 e. The lowest BCUT2D eigenvalue weighted by Crippen LogP contribution is -2.44. The first kappa shape index (κ1) is 19.9. The van der Waals surface area contributed by atoms with E-state index in [2.05, 4.69) is 10.1 Å². The molecule has 2 heterocycles. The average molecular weight is 406 g/mol. The molecule has 1 atom stereocenters. The third-order valence-electron chi connectivity index (χ3n) is 5.61. The van der Waals surface area contributed by atoms with Gasteiger partial charge in [0.15, 0.2) is 0 Å². The molecule has 0 spiro atoms. The first-order valence-electron chi connectivity index (χ1n) is 10.1. The van der Waals surface area contributed by atoms with Gasteiger partial charge in [0, 0.05) is 31.4 Å². The fourth-order valence-electron chi connectivity index (χ4n) is 3.89. The zero-order chi connectivity index (χ0) is 21.1. The number of rotatable bonds is 5. The van der Waals surface area contributed by atoms with Gasteiger partial charge in [0.1, 0.15) is 5.75 Å². The number of hydrogen-bond donors (Lipinski definition) is 0. The van der Waals surface area contributed by atoms with E-state index in [1.165, 1.54) is 0 Å². The van der Waals surface area contributed by atoms with E-state index >= 15 is 0 Å². The maximum absolute atomic E-state index is 13.1. The summed E-state index contributed by atoms with van der Waals surface area (Å²) in [4.78, 5) is 21.5. The maximum Gasteiger partial charge on any atom is 0.324 e. The van der Waals surface area contributed by atoms with Crippen molar-refractivity contribution >= 4 is 17.6 Å². The zero-order valence-electron chi connectivity index (χ0n) is 17.5. The first-order chi connectivity index (χ1) is 14.6. The van der Waals surface area contributed by atoms with Gasteiger partial charge in [0.25, 0.3) is 0 Å². The number of methoxy groups -OCH3 is 1. The molecule has 0 saturated carbocycles. The second kappa shape index (κ2) is 8.57. The fourth-order valence-corrected chi connectivity index (χ4v) is 3.89. The van der Waals surface area contributed by atoms with E-state index in [0.29, 0.717) is 18.4 Å². The van der Waals surface area contributed by atoms with Gasteiger partial charge in [0.2, 0.25) is 11.7 Å². The summed E-state index contributed by atoms with van der Waals surface area (Å²) in [7, 11) is 3.48. The Morgan fingerprint density at radius 2 is 1.97 bits per heavy atom. The van der Waals surface area contributed by atoms with E-state index < -0.39 is 0 Å². The molecular formula is C23H26N4O3. The van der Waals surface area contributed by atoms with Gasteiger partial charge in [-0.05, 0) is 55.7 Å². The summed E-state index contributed by atoms with van der Waals surface area (Å²) in [5.41, 5.74) is 2.89. The van der Waals surface area contributed by atoms with Crippen LogP contribution in [0.4, 0.5) is 11.7 Å². The Morgan fingerprint density at radius 1 is 1.20 bits per heavy atom. The van der Waals surface area contributed by atoms with Crippen molar-refractivity contribution in [1.82, 2.24) is 10.1 Å². The summed E-state index contributed by atoms with van der Waals surface area (Å²) in [6.07, 6.45) is 1.75. The fraction of sp³-hybridized carbons (Fsp3) is 0.348. The molecule has 30 heavy (non-hydrogen) atoms. The lowest BCUT2D eigenvalue weighted by Gasteiger charge is -2.33. The molecule has 7 nitrogen and oxygen atoms in total. The van der Waals surface area contributed by atoms with E-state index in [4.69, 9.17) is 9.26 Å². The quantitative estimate of drug-likeness (QED) is 0.639. The number of carbonyl (C=O) groups is 1. The average Bonchev–Trinajstić information content (AvgIpc) is 3.29. The molecule has 156 valence electrons. The summed E-state index contributed by atoms with van der Waals surface area (Å²) in [6.45, 7) is 3.38. The van der Waals surface area contributed by atoms with Crippen molar-refractivity contribution in [2.75, 3.05) is 37.0 Å². The molecule has 1 fully saturated rings. The Hall–Kier alpha value is -3.35. The van der Waals surface area contributed by atoms with Crippen LogP contribution in [0, 0.1) is 12.8 Å². The molecule has 1 aromatic heterocycles. The number of benzene rings is 2. The third kappa shape index (κ3) is 4.01. The number of piperidine rings is 1. The number of aromatic nitrogens is 2. The summed E-state index contributed by atoms with van der Waals surface area (Å²) >= 11 is 0. The van der Waals surface area contributed by atoms with Gasteiger partial charge in [-0.1, -0.05) is 23.4 Å². The van der Waals surface area contributed by atoms with Crippen LogP contribution >= 0.6 is 0 Å². The lowest BCUT2D eigenvalue weighted by atomic mass is 9.96. The molecule has 3 aromatic rings. The molecule has 1 unspecified atom stereocenters. The van der Waals surface area contributed by atoms with Gasteiger partial charge in [-0.15, -0.1) is 0 Å². The monoisotopic (exact) mass is 406 g/mol.